The fourth-order valence-electron chi connectivity index (χ4n) is 3.45. The Morgan fingerprint density at radius 2 is 2.14 bits per heavy atom. The summed E-state index contributed by atoms with van der Waals surface area (Å²) in [5, 5.41) is 11.7. The first-order chi connectivity index (χ1) is 10.4. The number of piperidine rings is 1. The lowest BCUT2D eigenvalue weighted by Crippen LogP contribution is -2.48. The number of hydrogen-bond acceptors (Lipinski definition) is 5. The predicted molar refractivity (Wildman–Crippen MR) is 92.6 cm³/mol. The van der Waals surface area contributed by atoms with Crippen LogP contribution in [0.15, 0.2) is 12.4 Å². The second kappa shape index (κ2) is 5.78. The molecule has 2 aromatic heterocycles. The highest BCUT2D eigenvalue weighted by molar-refractivity contribution is 7.18. The standard InChI is InChI=1S/C17H25N3OS/c1-5-11-8-12-15(18-10-19-16(12)22-11)20-7-6-13(14(21)9-20)17(2,3)4/h8,10,13-14,21H,5-7,9H2,1-4H3/t13-,14-/m0/s1. The monoisotopic (exact) mass is 319 g/mol. The number of aromatic nitrogens is 2. The van der Waals surface area contributed by atoms with Crippen LogP contribution in [0, 0.1) is 11.3 Å². The van der Waals surface area contributed by atoms with Crippen LogP contribution in [0.4, 0.5) is 5.82 Å². The maximum absolute atomic E-state index is 10.6. The van der Waals surface area contributed by atoms with Crippen molar-refractivity contribution in [2.24, 2.45) is 11.3 Å². The lowest BCUT2D eigenvalue weighted by atomic mass is 9.73. The minimum atomic E-state index is -0.303. The summed E-state index contributed by atoms with van der Waals surface area (Å²) in [6, 6.07) is 2.21. The average molecular weight is 319 g/mol. The van der Waals surface area contributed by atoms with Gasteiger partial charge >= 0.3 is 0 Å². The Balaban J connectivity index is 1.88. The second-order valence-corrected chi connectivity index (χ2v) is 8.37. The molecule has 1 aliphatic heterocycles. The molecule has 0 unspecified atom stereocenters. The van der Waals surface area contributed by atoms with Gasteiger partial charge in [-0.25, -0.2) is 9.97 Å². The quantitative estimate of drug-likeness (QED) is 0.920. The molecule has 4 nitrogen and oxygen atoms in total. The number of anilines is 1. The van der Waals surface area contributed by atoms with Crippen molar-refractivity contribution in [2.45, 2.75) is 46.6 Å². The topological polar surface area (TPSA) is 49.2 Å². The maximum Gasteiger partial charge on any atom is 0.140 e. The van der Waals surface area contributed by atoms with Crippen molar-refractivity contribution in [3.05, 3.63) is 17.3 Å². The fraction of sp³-hybridized carbons (Fsp3) is 0.647. The molecule has 22 heavy (non-hydrogen) atoms. The molecule has 1 saturated heterocycles. The summed E-state index contributed by atoms with van der Waals surface area (Å²) < 4.78 is 0. The Hall–Kier alpha value is -1.20. The number of aliphatic hydroxyl groups excluding tert-OH is 1. The molecule has 0 bridgehead atoms. The molecule has 3 heterocycles. The van der Waals surface area contributed by atoms with Gasteiger partial charge in [-0.2, -0.15) is 0 Å². The van der Waals surface area contributed by atoms with E-state index in [0.29, 0.717) is 12.5 Å². The second-order valence-electron chi connectivity index (χ2n) is 7.26. The summed E-state index contributed by atoms with van der Waals surface area (Å²) in [6.07, 6.45) is 3.37. The smallest absolute Gasteiger partial charge is 0.140 e. The van der Waals surface area contributed by atoms with E-state index in [1.54, 1.807) is 17.7 Å². The molecule has 0 aromatic carbocycles. The first-order valence-electron chi connectivity index (χ1n) is 8.06. The molecule has 0 spiro atoms. The predicted octanol–water partition coefficient (Wildman–Crippen LogP) is 3.49. The van der Waals surface area contributed by atoms with Crippen molar-refractivity contribution in [3.8, 4) is 0 Å². The molecule has 3 rings (SSSR count). The Labute approximate surface area is 136 Å². The Bertz CT molecular complexity index is 661. The lowest BCUT2D eigenvalue weighted by Gasteiger charge is -2.42. The van der Waals surface area contributed by atoms with Crippen LogP contribution in [0.2, 0.25) is 0 Å². The van der Waals surface area contributed by atoms with Gasteiger partial charge in [-0.1, -0.05) is 27.7 Å². The maximum atomic E-state index is 10.6. The summed E-state index contributed by atoms with van der Waals surface area (Å²) in [4.78, 5) is 13.5. The van der Waals surface area contributed by atoms with E-state index < -0.39 is 0 Å². The molecule has 5 heteroatoms. The number of thiophene rings is 1. The first kappa shape index (κ1) is 15.7. The number of fused-ring (bicyclic) bond motifs is 1. The van der Waals surface area contributed by atoms with E-state index in [4.69, 9.17) is 0 Å². The van der Waals surface area contributed by atoms with Crippen molar-refractivity contribution in [1.82, 2.24) is 9.97 Å². The molecule has 0 radical (unpaired) electrons. The summed E-state index contributed by atoms with van der Waals surface area (Å²) in [5.74, 6) is 1.32. The van der Waals surface area contributed by atoms with Crippen LogP contribution < -0.4 is 4.90 Å². The molecule has 1 fully saturated rings. The molecule has 120 valence electrons. The van der Waals surface area contributed by atoms with Crippen LogP contribution in [0.5, 0.6) is 0 Å². The van der Waals surface area contributed by atoms with Crippen LogP contribution >= 0.6 is 11.3 Å². The number of nitrogens with zero attached hydrogens (tertiary/aromatic N) is 3. The fourth-order valence-corrected chi connectivity index (χ4v) is 4.38. The molecular weight excluding hydrogens is 294 g/mol. The van der Waals surface area contributed by atoms with Gasteiger partial charge in [0.15, 0.2) is 0 Å². The highest BCUT2D eigenvalue weighted by atomic mass is 32.1. The van der Waals surface area contributed by atoms with Crippen LogP contribution in [0.25, 0.3) is 10.2 Å². The normalized spacial score (nSPS) is 23.2. The van der Waals surface area contributed by atoms with Gasteiger partial charge in [0.25, 0.3) is 0 Å². The molecule has 0 saturated carbocycles. The van der Waals surface area contributed by atoms with E-state index in [-0.39, 0.29) is 11.5 Å². The summed E-state index contributed by atoms with van der Waals surface area (Å²) in [6.45, 7) is 10.4. The molecule has 0 amide bonds. The zero-order valence-electron chi connectivity index (χ0n) is 13.8. The van der Waals surface area contributed by atoms with Crippen molar-refractivity contribution in [1.29, 1.82) is 0 Å². The van der Waals surface area contributed by atoms with E-state index in [9.17, 15) is 5.11 Å². The number of hydrogen-bond donors (Lipinski definition) is 1. The van der Waals surface area contributed by atoms with Gasteiger partial charge in [-0.15, -0.1) is 11.3 Å². The Kier molecular flexibility index (Phi) is 4.12. The number of β-amino-alcohol motifs (C(OH)–C–C–N with tert-alkyl or cyclic N) is 1. The number of aliphatic hydroxyl groups is 1. The van der Waals surface area contributed by atoms with Crippen LogP contribution in [-0.4, -0.2) is 34.3 Å². The van der Waals surface area contributed by atoms with Crippen molar-refractivity contribution in [2.75, 3.05) is 18.0 Å². The Morgan fingerprint density at radius 3 is 2.77 bits per heavy atom. The summed E-state index contributed by atoms with van der Waals surface area (Å²) in [7, 11) is 0. The molecule has 1 N–H and O–H groups in total. The average Bonchev–Trinajstić information content (AvgIpc) is 2.88. The van der Waals surface area contributed by atoms with E-state index in [1.165, 1.54) is 4.88 Å². The van der Waals surface area contributed by atoms with Crippen LogP contribution in [0.3, 0.4) is 0 Å². The van der Waals surface area contributed by atoms with E-state index in [2.05, 4.69) is 48.6 Å². The largest absolute Gasteiger partial charge is 0.391 e. The van der Waals surface area contributed by atoms with Crippen molar-refractivity contribution < 1.29 is 5.11 Å². The van der Waals surface area contributed by atoms with Gasteiger partial charge in [0.2, 0.25) is 0 Å². The Morgan fingerprint density at radius 1 is 1.36 bits per heavy atom. The number of aryl methyl sites for hydroxylation is 1. The van der Waals surface area contributed by atoms with Gasteiger partial charge in [-0.3, -0.25) is 0 Å². The summed E-state index contributed by atoms with van der Waals surface area (Å²) in [5.41, 5.74) is 0.143. The number of rotatable bonds is 2. The minimum absolute atomic E-state index is 0.143. The van der Waals surface area contributed by atoms with E-state index in [0.717, 1.165) is 35.4 Å². The minimum Gasteiger partial charge on any atom is -0.391 e. The molecule has 2 aromatic rings. The molecule has 2 atom stereocenters. The van der Waals surface area contributed by atoms with Gasteiger partial charge < -0.3 is 10.0 Å². The first-order valence-corrected chi connectivity index (χ1v) is 8.88. The molecular formula is C17H25N3OS. The molecule has 1 aliphatic rings. The van der Waals surface area contributed by atoms with E-state index in [1.807, 2.05) is 0 Å². The van der Waals surface area contributed by atoms with Gasteiger partial charge in [0, 0.05) is 18.0 Å². The van der Waals surface area contributed by atoms with Gasteiger partial charge in [-0.05, 0) is 30.2 Å². The van der Waals surface area contributed by atoms with E-state index >= 15 is 0 Å². The van der Waals surface area contributed by atoms with Gasteiger partial charge in [0.1, 0.15) is 17.0 Å². The molecule has 0 aliphatic carbocycles. The lowest BCUT2D eigenvalue weighted by molar-refractivity contribution is 0.0292. The zero-order valence-corrected chi connectivity index (χ0v) is 14.7. The van der Waals surface area contributed by atoms with Crippen LogP contribution in [0.1, 0.15) is 39.0 Å². The summed E-state index contributed by atoms with van der Waals surface area (Å²) >= 11 is 1.74. The third-order valence-electron chi connectivity index (χ3n) is 4.70. The SMILES string of the molecule is CCc1cc2c(N3CC[C@H](C(C)(C)C)[C@@H](O)C3)ncnc2s1. The third-order valence-corrected chi connectivity index (χ3v) is 5.89. The zero-order chi connectivity index (χ0) is 15.9. The van der Waals surface area contributed by atoms with Crippen LogP contribution in [-0.2, 0) is 6.42 Å². The van der Waals surface area contributed by atoms with Crippen molar-refractivity contribution >= 4 is 27.4 Å². The third kappa shape index (κ3) is 2.84. The van der Waals surface area contributed by atoms with Crippen molar-refractivity contribution in [3.63, 3.8) is 0 Å². The highest BCUT2D eigenvalue weighted by Gasteiger charge is 2.36. The highest BCUT2D eigenvalue weighted by Crippen LogP contribution is 2.37. The van der Waals surface area contributed by atoms with Gasteiger partial charge in [0.05, 0.1) is 11.5 Å².